The van der Waals surface area contributed by atoms with Crippen molar-refractivity contribution in [1.82, 2.24) is 15.2 Å². The number of hydrogen-bond acceptors (Lipinski definition) is 4. The van der Waals surface area contributed by atoms with Gasteiger partial charge in [-0.05, 0) is 48.7 Å². The Hall–Kier alpha value is -3.52. The van der Waals surface area contributed by atoms with E-state index >= 15 is 0 Å². The van der Waals surface area contributed by atoms with Crippen LogP contribution in [0, 0.1) is 0 Å². The minimum Gasteiger partial charge on any atom is -0.497 e. The van der Waals surface area contributed by atoms with E-state index in [9.17, 15) is 14.4 Å². The standard InChI is InChI=1S/C23H23ClN4O4/c1-32-17-4-2-3-16(12-17)26-21(29)8-7-20-22(30)28(23(31)27-20)10-9-14-13-25-19-6-5-15(24)11-18(14)19/h2-6,11-13,20,25H,7-10H2,1H3,(H,26,29)(H,27,31)/t20-/m0/s1. The van der Waals surface area contributed by atoms with E-state index in [4.69, 9.17) is 16.3 Å². The van der Waals surface area contributed by atoms with E-state index in [-0.39, 0.29) is 31.2 Å². The van der Waals surface area contributed by atoms with Crippen molar-refractivity contribution in [3.05, 3.63) is 59.2 Å². The molecule has 3 N–H and O–H groups in total. The van der Waals surface area contributed by atoms with Gasteiger partial charge in [-0.3, -0.25) is 14.5 Å². The van der Waals surface area contributed by atoms with Crippen molar-refractivity contribution in [2.24, 2.45) is 0 Å². The summed E-state index contributed by atoms with van der Waals surface area (Å²) in [6, 6.07) is 11.4. The summed E-state index contributed by atoms with van der Waals surface area (Å²) >= 11 is 6.09. The fourth-order valence-corrected chi connectivity index (χ4v) is 3.95. The van der Waals surface area contributed by atoms with Gasteiger partial charge in [0.25, 0.3) is 5.91 Å². The molecule has 9 heteroatoms. The van der Waals surface area contributed by atoms with E-state index in [1.54, 1.807) is 37.4 Å². The zero-order valence-corrected chi connectivity index (χ0v) is 18.2. The number of aromatic amines is 1. The molecular formula is C23H23ClN4O4. The Bertz CT molecular complexity index is 1180. The first-order chi connectivity index (χ1) is 15.4. The molecule has 1 aliphatic heterocycles. The number of nitrogens with zero attached hydrogens (tertiary/aromatic N) is 1. The highest BCUT2D eigenvalue weighted by Crippen LogP contribution is 2.23. The number of nitrogens with one attached hydrogen (secondary N) is 3. The summed E-state index contributed by atoms with van der Waals surface area (Å²) in [5, 5.41) is 7.04. The van der Waals surface area contributed by atoms with Crippen LogP contribution in [0.2, 0.25) is 5.02 Å². The van der Waals surface area contributed by atoms with Crippen molar-refractivity contribution in [3.8, 4) is 5.75 Å². The average molecular weight is 455 g/mol. The molecule has 166 valence electrons. The fraction of sp³-hybridized carbons (Fsp3) is 0.261. The molecule has 2 aromatic carbocycles. The van der Waals surface area contributed by atoms with Gasteiger partial charge in [0, 0.05) is 46.8 Å². The zero-order valence-electron chi connectivity index (χ0n) is 17.5. The Kier molecular flexibility index (Phi) is 6.32. The molecule has 1 fully saturated rings. The number of urea groups is 1. The maximum atomic E-state index is 12.7. The lowest BCUT2D eigenvalue weighted by Gasteiger charge is -2.13. The predicted octanol–water partition coefficient (Wildman–Crippen LogP) is 3.71. The molecule has 1 saturated heterocycles. The number of hydrogen-bond donors (Lipinski definition) is 3. The fourth-order valence-electron chi connectivity index (χ4n) is 3.77. The summed E-state index contributed by atoms with van der Waals surface area (Å²) < 4.78 is 5.14. The van der Waals surface area contributed by atoms with Crippen LogP contribution in [-0.2, 0) is 16.0 Å². The topological polar surface area (TPSA) is 104 Å². The normalized spacial score (nSPS) is 15.8. The molecule has 2 heterocycles. The molecule has 8 nitrogen and oxygen atoms in total. The Balaban J connectivity index is 1.31. The summed E-state index contributed by atoms with van der Waals surface area (Å²) in [5.74, 6) is 0.0747. The predicted molar refractivity (Wildman–Crippen MR) is 122 cm³/mol. The first kappa shape index (κ1) is 21.7. The molecule has 1 aromatic heterocycles. The number of fused-ring (bicyclic) bond motifs is 1. The highest BCUT2D eigenvalue weighted by Gasteiger charge is 2.37. The summed E-state index contributed by atoms with van der Waals surface area (Å²) in [6.07, 6.45) is 2.69. The monoisotopic (exact) mass is 454 g/mol. The van der Waals surface area contributed by atoms with Gasteiger partial charge in [0.2, 0.25) is 5.91 Å². The Morgan fingerprint density at radius 1 is 1.22 bits per heavy atom. The molecule has 4 amide bonds. The number of amides is 4. The van der Waals surface area contributed by atoms with Crippen molar-refractivity contribution >= 4 is 46.0 Å². The summed E-state index contributed by atoms with van der Waals surface area (Å²) in [5.41, 5.74) is 2.53. The van der Waals surface area contributed by atoms with Gasteiger partial charge >= 0.3 is 6.03 Å². The Morgan fingerprint density at radius 2 is 2.06 bits per heavy atom. The molecule has 32 heavy (non-hydrogen) atoms. The maximum Gasteiger partial charge on any atom is 0.324 e. The third-order valence-corrected chi connectivity index (χ3v) is 5.69. The molecule has 0 unspecified atom stereocenters. The van der Waals surface area contributed by atoms with Gasteiger partial charge in [-0.25, -0.2) is 4.79 Å². The van der Waals surface area contributed by atoms with Crippen LogP contribution in [0.4, 0.5) is 10.5 Å². The van der Waals surface area contributed by atoms with Gasteiger partial charge in [0.1, 0.15) is 11.8 Å². The highest BCUT2D eigenvalue weighted by molar-refractivity contribution is 6.31. The molecular weight excluding hydrogens is 432 g/mol. The van der Waals surface area contributed by atoms with Crippen LogP contribution in [0.1, 0.15) is 18.4 Å². The second-order valence-electron chi connectivity index (χ2n) is 7.56. The summed E-state index contributed by atoms with van der Waals surface area (Å²) in [7, 11) is 1.55. The number of rotatable bonds is 8. The van der Waals surface area contributed by atoms with Gasteiger partial charge in [0.05, 0.1) is 7.11 Å². The van der Waals surface area contributed by atoms with Crippen LogP contribution in [-0.4, -0.2) is 47.4 Å². The van der Waals surface area contributed by atoms with Crippen LogP contribution >= 0.6 is 11.6 Å². The molecule has 4 rings (SSSR count). The quantitative estimate of drug-likeness (QED) is 0.451. The van der Waals surface area contributed by atoms with Crippen LogP contribution in [0.3, 0.4) is 0 Å². The smallest absolute Gasteiger partial charge is 0.324 e. The molecule has 0 saturated carbocycles. The third-order valence-electron chi connectivity index (χ3n) is 5.45. The number of aromatic nitrogens is 1. The lowest BCUT2D eigenvalue weighted by molar-refractivity contribution is -0.127. The minimum absolute atomic E-state index is 0.0999. The summed E-state index contributed by atoms with van der Waals surface area (Å²) in [6.45, 7) is 0.247. The van der Waals surface area contributed by atoms with E-state index < -0.39 is 12.1 Å². The summed E-state index contributed by atoms with van der Waals surface area (Å²) in [4.78, 5) is 41.7. The van der Waals surface area contributed by atoms with Gasteiger partial charge in [-0.15, -0.1) is 0 Å². The molecule has 0 aliphatic carbocycles. The molecule has 1 aliphatic rings. The molecule has 0 bridgehead atoms. The van der Waals surface area contributed by atoms with E-state index in [0.717, 1.165) is 16.5 Å². The van der Waals surface area contributed by atoms with Gasteiger partial charge in [-0.1, -0.05) is 17.7 Å². The number of imide groups is 1. The second-order valence-corrected chi connectivity index (χ2v) is 8.00. The van der Waals surface area contributed by atoms with Crippen LogP contribution < -0.4 is 15.4 Å². The number of H-pyrrole nitrogens is 1. The molecule has 1 atom stereocenters. The van der Waals surface area contributed by atoms with Crippen molar-refractivity contribution in [1.29, 1.82) is 0 Å². The van der Waals surface area contributed by atoms with E-state index in [1.807, 2.05) is 18.3 Å². The van der Waals surface area contributed by atoms with E-state index in [0.29, 0.717) is 22.9 Å². The first-order valence-electron chi connectivity index (χ1n) is 10.3. The molecule has 3 aromatic rings. The zero-order chi connectivity index (χ0) is 22.7. The maximum absolute atomic E-state index is 12.7. The third kappa shape index (κ3) is 4.70. The second kappa shape index (κ2) is 9.32. The van der Waals surface area contributed by atoms with Gasteiger partial charge < -0.3 is 20.4 Å². The van der Waals surface area contributed by atoms with Crippen LogP contribution in [0.15, 0.2) is 48.7 Å². The highest BCUT2D eigenvalue weighted by atomic mass is 35.5. The molecule has 0 spiro atoms. The van der Waals surface area contributed by atoms with Gasteiger partial charge in [-0.2, -0.15) is 0 Å². The number of halogens is 1. The lowest BCUT2D eigenvalue weighted by atomic mass is 10.1. The Labute approximate surface area is 189 Å². The van der Waals surface area contributed by atoms with E-state index in [1.165, 1.54) is 4.90 Å². The van der Waals surface area contributed by atoms with Crippen molar-refractivity contribution < 1.29 is 19.1 Å². The largest absolute Gasteiger partial charge is 0.497 e. The minimum atomic E-state index is -0.712. The number of ether oxygens (including phenoxy) is 1. The average Bonchev–Trinajstić information content (AvgIpc) is 3.30. The first-order valence-corrected chi connectivity index (χ1v) is 10.6. The van der Waals surface area contributed by atoms with Gasteiger partial charge in [0.15, 0.2) is 0 Å². The van der Waals surface area contributed by atoms with Crippen molar-refractivity contribution in [2.75, 3.05) is 19.0 Å². The number of benzene rings is 2. The van der Waals surface area contributed by atoms with E-state index in [2.05, 4.69) is 15.6 Å². The number of methoxy groups -OCH3 is 1. The van der Waals surface area contributed by atoms with Crippen LogP contribution in [0.5, 0.6) is 5.75 Å². The number of anilines is 1. The van der Waals surface area contributed by atoms with Crippen LogP contribution in [0.25, 0.3) is 10.9 Å². The SMILES string of the molecule is COc1cccc(NC(=O)CC[C@@H]2NC(=O)N(CCc3c[nH]c4ccc(Cl)cc34)C2=O)c1. The van der Waals surface area contributed by atoms with Crippen molar-refractivity contribution in [3.63, 3.8) is 0 Å². The number of carbonyl (C=O) groups is 3. The Morgan fingerprint density at radius 3 is 2.88 bits per heavy atom. The van der Waals surface area contributed by atoms with Crippen molar-refractivity contribution in [2.45, 2.75) is 25.3 Å². The number of carbonyl (C=O) groups excluding carboxylic acids is 3. The molecule has 0 radical (unpaired) electrons. The lowest BCUT2D eigenvalue weighted by Crippen LogP contribution is -2.33.